The maximum absolute atomic E-state index is 12.1. The number of hydrogen-bond acceptors (Lipinski definition) is 3. The Morgan fingerprint density at radius 3 is 3.12 bits per heavy atom. The first-order chi connectivity index (χ1) is 8.25. The molecule has 94 valence electrons. The monoisotopic (exact) mass is 243 g/mol. The summed E-state index contributed by atoms with van der Waals surface area (Å²) in [6.45, 7) is -0.502. The average Bonchev–Trinajstić information content (AvgIpc) is 2.57. The van der Waals surface area contributed by atoms with Gasteiger partial charge < -0.3 is 14.8 Å². The zero-order valence-electron chi connectivity index (χ0n) is 9.36. The van der Waals surface area contributed by atoms with E-state index < -0.39 is 6.61 Å². The molecule has 1 heterocycles. The molecule has 1 fully saturated rings. The molecule has 1 aliphatic heterocycles. The summed E-state index contributed by atoms with van der Waals surface area (Å²) >= 11 is 0. The lowest BCUT2D eigenvalue weighted by atomic mass is 10.1. The standard InChI is InChI=1S/C12H15F2NO2/c13-12(14)17-10-4-1-3-9(7-10)11-8-15-5-2-6-16-11/h1,3-4,7,11-12,15H,2,5-6,8H2. The van der Waals surface area contributed by atoms with E-state index in [2.05, 4.69) is 10.1 Å². The van der Waals surface area contributed by atoms with E-state index in [9.17, 15) is 8.78 Å². The van der Waals surface area contributed by atoms with Gasteiger partial charge in [-0.3, -0.25) is 0 Å². The van der Waals surface area contributed by atoms with E-state index in [0.717, 1.165) is 18.5 Å². The summed E-state index contributed by atoms with van der Waals surface area (Å²) in [6, 6.07) is 6.67. The van der Waals surface area contributed by atoms with Gasteiger partial charge in [-0.05, 0) is 30.7 Å². The second-order valence-electron chi connectivity index (χ2n) is 3.87. The number of rotatable bonds is 3. The molecule has 5 heteroatoms. The van der Waals surface area contributed by atoms with Crippen molar-refractivity contribution in [2.75, 3.05) is 19.7 Å². The molecule has 3 nitrogen and oxygen atoms in total. The van der Waals surface area contributed by atoms with Crippen LogP contribution in [0.1, 0.15) is 18.1 Å². The predicted octanol–water partition coefficient (Wildman–Crippen LogP) is 2.34. The molecule has 1 aromatic carbocycles. The molecule has 0 bridgehead atoms. The Balaban J connectivity index is 2.08. The van der Waals surface area contributed by atoms with Gasteiger partial charge in [0.2, 0.25) is 0 Å². The summed E-state index contributed by atoms with van der Waals surface area (Å²) < 4.78 is 34.2. The van der Waals surface area contributed by atoms with Crippen LogP contribution >= 0.6 is 0 Å². The van der Waals surface area contributed by atoms with Gasteiger partial charge in [-0.25, -0.2) is 0 Å². The molecule has 0 aromatic heterocycles. The lowest BCUT2D eigenvalue weighted by molar-refractivity contribution is -0.0500. The van der Waals surface area contributed by atoms with Crippen LogP contribution in [0.3, 0.4) is 0 Å². The zero-order valence-corrected chi connectivity index (χ0v) is 9.36. The molecule has 1 unspecified atom stereocenters. The first-order valence-corrected chi connectivity index (χ1v) is 5.63. The van der Waals surface area contributed by atoms with Gasteiger partial charge in [0.1, 0.15) is 5.75 Å². The molecular weight excluding hydrogens is 228 g/mol. The highest BCUT2D eigenvalue weighted by Gasteiger charge is 2.15. The van der Waals surface area contributed by atoms with Crippen LogP contribution < -0.4 is 10.1 Å². The maximum Gasteiger partial charge on any atom is 0.387 e. The van der Waals surface area contributed by atoms with Crippen molar-refractivity contribution in [1.82, 2.24) is 5.32 Å². The van der Waals surface area contributed by atoms with E-state index >= 15 is 0 Å². The minimum absolute atomic E-state index is 0.0984. The summed E-state index contributed by atoms with van der Waals surface area (Å²) in [6.07, 6.45) is 0.864. The Kier molecular flexibility index (Phi) is 4.28. The summed E-state index contributed by atoms with van der Waals surface area (Å²) in [7, 11) is 0. The molecular formula is C12H15F2NO2. The van der Waals surface area contributed by atoms with Crippen LogP contribution in [0.5, 0.6) is 5.75 Å². The van der Waals surface area contributed by atoms with Crippen molar-refractivity contribution >= 4 is 0 Å². The van der Waals surface area contributed by atoms with Crippen LogP contribution in [0.25, 0.3) is 0 Å². The first-order valence-electron chi connectivity index (χ1n) is 5.63. The molecule has 0 spiro atoms. The Bertz CT molecular complexity index is 352. The van der Waals surface area contributed by atoms with Crippen LogP contribution in [-0.4, -0.2) is 26.3 Å². The summed E-state index contributed by atoms with van der Waals surface area (Å²) in [5.41, 5.74) is 0.859. The minimum Gasteiger partial charge on any atom is -0.435 e. The summed E-state index contributed by atoms with van der Waals surface area (Å²) in [4.78, 5) is 0. The Hall–Kier alpha value is -1.20. The third-order valence-corrected chi connectivity index (χ3v) is 2.60. The van der Waals surface area contributed by atoms with Crippen LogP contribution in [0.2, 0.25) is 0 Å². The van der Waals surface area contributed by atoms with E-state index in [-0.39, 0.29) is 11.9 Å². The molecule has 17 heavy (non-hydrogen) atoms. The quantitative estimate of drug-likeness (QED) is 0.883. The highest BCUT2D eigenvalue weighted by atomic mass is 19.3. The van der Waals surface area contributed by atoms with Crippen LogP contribution in [0.4, 0.5) is 8.78 Å². The number of alkyl halides is 2. The molecule has 1 aromatic rings. The summed E-state index contributed by atoms with van der Waals surface area (Å²) in [5.74, 6) is 0.172. The number of halogens is 2. The van der Waals surface area contributed by atoms with Crippen LogP contribution in [0.15, 0.2) is 24.3 Å². The van der Waals surface area contributed by atoms with Crippen molar-refractivity contribution in [3.8, 4) is 5.75 Å². The van der Waals surface area contributed by atoms with E-state index in [4.69, 9.17) is 4.74 Å². The summed E-state index contributed by atoms with van der Waals surface area (Å²) in [5, 5.41) is 3.24. The fourth-order valence-corrected chi connectivity index (χ4v) is 1.82. The Morgan fingerprint density at radius 1 is 1.41 bits per heavy atom. The van der Waals surface area contributed by atoms with E-state index in [1.165, 1.54) is 6.07 Å². The fraction of sp³-hybridized carbons (Fsp3) is 0.500. The van der Waals surface area contributed by atoms with E-state index in [0.29, 0.717) is 13.2 Å². The fourth-order valence-electron chi connectivity index (χ4n) is 1.82. The smallest absolute Gasteiger partial charge is 0.387 e. The third-order valence-electron chi connectivity index (χ3n) is 2.60. The van der Waals surface area contributed by atoms with Crippen molar-refractivity contribution in [2.45, 2.75) is 19.1 Å². The largest absolute Gasteiger partial charge is 0.435 e. The number of hydrogen-bond donors (Lipinski definition) is 1. The van der Waals surface area contributed by atoms with Crippen molar-refractivity contribution < 1.29 is 18.3 Å². The average molecular weight is 243 g/mol. The first kappa shape index (κ1) is 12.3. The lowest BCUT2D eigenvalue weighted by Gasteiger charge is -2.16. The van der Waals surface area contributed by atoms with Crippen molar-refractivity contribution in [3.63, 3.8) is 0 Å². The second kappa shape index (κ2) is 5.93. The highest BCUT2D eigenvalue weighted by Crippen LogP contribution is 2.23. The number of nitrogens with one attached hydrogen (secondary N) is 1. The Morgan fingerprint density at radius 2 is 2.29 bits per heavy atom. The molecule has 1 atom stereocenters. The van der Waals surface area contributed by atoms with Gasteiger partial charge in [-0.1, -0.05) is 12.1 Å². The van der Waals surface area contributed by atoms with Crippen molar-refractivity contribution in [2.24, 2.45) is 0 Å². The number of ether oxygens (including phenoxy) is 2. The Labute approximate surface area is 98.7 Å². The van der Waals surface area contributed by atoms with Gasteiger partial charge in [0, 0.05) is 13.2 Å². The lowest BCUT2D eigenvalue weighted by Crippen LogP contribution is -2.20. The normalized spacial score (nSPS) is 21.2. The highest BCUT2D eigenvalue weighted by molar-refractivity contribution is 5.30. The molecule has 0 aliphatic carbocycles. The molecule has 1 aliphatic rings. The van der Waals surface area contributed by atoms with Gasteiger partial charge in [0.25, 0.3) is 0 Å². The third kappa shape index (κ3) is 3.64. The molecule has 0 saturated carbocycles. The van der Waals surface area contributed by atoms with Crippen LogP contribution in [-0.2, 0) is 4.74 Å². The number of benzene rings is 1. The van der Waals surface area contributed by atoms with Crippen LogP contribution in [0, 0.1) is 0 Å². The molecule has 0 amide bonds. The van der Waals surface area contributed by atoms with E-state index in [1.807, 2.05) is 6.07 Å². The topological polar surface area (TPSA) is 30.5 Å². The molecule has 1 saturated heterocycles. The van der Waals surface area contributed by atoms with Gasteiger partial charge in [-0.15, -0.1) is 0 Å². The van der Waals surface area contributed by atoms with Gasteiger partial charge in [-0.2, -0.15) is 8.78 Å². The predicted molar refractivity (Wildman–Crippen MR) is 59.3 cm³/mol. The molecule has 1 N–H and O–H groups in total. The minimum atomic E-state index is -2.79. The van der Waals surface area contributed by atoms with Crippen molar-refractivity contribution in [1.29, 1.82) is 0 Å². The van der Waals surface area contributed by atoms with E-state index in [1.54, 1.807) is 12.1 Å². The molecule has 2 rings (SSSR count). The SMILES string of the molecule is FC(F)Oc1cccc(C2CNCCCO2)c1. The molecule has 0 radical (unpaired) electrons. The van der Waals surface area contributed by atoms with Gasteiger partial charge >= 0.3 is 6.61 Å². The second-order valence-corrected chi connectivity index (χ2v) is 3.87. The van der Waals surface area contributed by atoms with Crippen molar-refractivity contribution in [3.05, 3.63) is 29.8 Å². The zero-order chi connectivity index (χ0) is 12.1. The maximum atomic E-state index is 12.1. The van der Waals surface area contributed by atoms with Gasteiger partial charge in [0.15, 0.2) is 0 Å². The van der Waals surface area contributed by atoms with Gasteiger partial charge in [0.05, 0.1) is 6.10 Å².